The standard InChI is InChI=1S/C16H28N2O3/c1-5-7-12-15(20)18(13(6-2)14(19)17-12)10-11-8-9-16(3,4)21-11/h11-13H,5-10H2,1-4H3,(H,17,19). The van der Waals surface area contributed by atoms with E-state index in [2.05, 4.69) is 19.2 Å². The van der Waals surface area contributed by atoms with E-state index in [1.54, 1.807) is 4.90 Å². The molecule has 5 nitrogen and oxygen atoms in total. The number of nitrogens with zero attached hydrogens (tertiary/aromatic N) is 1. The van der Waals surface area contributed by atoms with Crippen LogP contribution in [0, 0.1) is 0 Å². The molecule has 2 amide bonds. The van der Waals surface area contributed by atoms with Gasteiger partial charge in [-0.3, -0.25) is 9.59 Å². The SMILES string of the molecule is CCCC1NC(=O)C(CC)N(CC2CCC(C)(C)O2)C1=O. The molecule has 1 N–H and O–H groups in total. The fourth-order valence-corrected chi connectivity index (χ4v) is 3.36. The normalized spacial score (nSPS) is 32.4. The summed E-state index contributed by atoms with van der Waals surface area (Å²) in [6.07, 6.45) is 4.23. The van der Waals surface area contributed by atoms with Crippen LogP contribution in [0.2, 0.25) is 0 Å². The third-order valence-corrected chi connectivity index (χ3v) is 4.49. The molecule has 0 radical (unpaired) electrons. The van der Waals surface area contributed by atoms with E-state index in [0.29, 0.717) is 19.4 Å². The first-order valence-electron chi connectivity index (χ1n) is 8.16. The summed E-state index contributed by atoms with van der Waals surface area (Å²) in [5, 5.41) is 2.87. The number of ether oxygens (including phenoxy) is 1. The molecule has 3 unspecified atom stereocenters. The summed E-state index contributed by atoms with van der Waals surface area (Å²) in [7, 11) is 0. The number of carbonyl (C=O) groups is 2. The van der Waals surface area contributed by atoms with E-state index in [1.807, 2.05) is 13.8 Å². The van der Waals surface area contributed by atoms with Gasteiger partial charge in [0.25, 0.3) is 0 Å². The molecule has 0 bridgehead atoms. The van der Waals surface area contributed by atoms with E-state index in [4.69, 9.17) is 4.74 Å². The smallest absolute Gasteiger partial charge is 0.245 e. The highest BCUT2D eigenvalue weighted by atomic mass is 16.5. The molecule has 21 heavy (non-hydrogen) atoms. The largest absolute Gasteiger partial charge is 0.371 e. The van der Waals surface area contributed by atoms with E-state index in [1.165, 1.54) is 0 Å². The van der Waals surface area contributed by atoms with Crippen molar-refractivity contribution < 1.29 is 14.3 Å². The van der Waals surface area contributed by atoms with Crippen LogP contribution in [0.3, 0.4) is 0 Å². The summed E-state index contributed by atoms with van der Waals surface area (Å²) in [5.74, 6) is 0.0319. The Kier molecular flexibility index (Phi) is 4.91. The first-order valence-corrected chi connectivity index (χ1v) is 8.16. The summed E-state index contributed by atoms with van der Waals surface area (Å²) >= 11 is 0. The Morgan fingerprint density at radius 2 is 2.05 bits per heavy atom. The van der Waals surface area contributed by atoms with Crippen molar-refractivity contribution in [1.82, 2.24) is 10.2 Å². The molecule has 0 aromatic heterocycles. The molecule has 2 fully saturated rings. The number of nitrogens with one attached hydrogen (secondary N) is 1. The van der Waals surface area contributed by atoms with E-state index in [0.717, 1.165) is 19.3 Å². The third-order valence-electron chi connectivity index (χ3n) is 4.49. The van der Waals surface area contributed by atoms with Crippen molar-refractivity contribution >= 4 is 11.8 Å². The van der Waals surface area contributed by atoms with Gasteiger partial charge in [0.15, 0.2) is 0 Å². The molecular formula is C16H28N2O3. The molecule has 3 atom stereocenters. The van der Waals surface area contributed by atoms with Gasteiger partial charge in [-0.2, -0.15) is 0 Å². The van der Waals surface area contributed by atoms with Crippen LogP contribution >= 0.6 is 0 Å². The number of piperazine rings is 1. The minimum absolute atomic E-state index is 0.0205. The first kappa shape index (κ1) is 16.3. The Morgan fingerprint density at radius 1 is 1.33 bits per heavy atom. The Balaban J connectivity index is 2.09. The van der Waals surface area contributed by atoms with Crippen LogP contribution in [0.1, 0.15) is 59.8 Å². The number of carbonyl (C=O) groups excluding carboxylic acids is 2. The summed E-state index contributed by atoms with van der Waals surface area (Å²) in [4.78, 5) is 26.6. The van der Waals surface area contributed by atoms with Crippen molar-refractivity contribution in [2.24, 2.45) is 0 Å². The van der Waals surface area contributed by atoms with Crippen molar-refractivity contribution in [2.75, 3.05) is 6.54 Å². The van der Waals surface area contributed by atoms with Crippen LogP contribution in [0.5, 0.6) is 0 Å². The van der Waals surface area contributed by atoms with Crippen LogP contribution in [0.25, 0.3) is 0 Å². The second-order valence-electron chi connectivity index (χ2n) is 6.80. The number of hydrogen-bond acceptors (Lipinski definition) is 3. The lowest BCUT2D eigenvalue weighted by Crippen LogP contribution is -2.64. The highest BCUT2D eigenvalue weighted by molar-refractivity contribution is 5.96. The van der Waals surface area contributed by atoms with Crippen molar-refractivity contribution in [3.05, 3.63) is 0 Å². The van der Waals surface area contributed by atoms with E-state index >= 15 is 0 Å². The average molecular weight is 296 g/mol. The van der Waals surface area contributed by atoms with E-state index in [9.17, 15) is 9.59 Å². The molecule has 2 saturated heterocycles. The van der Waals surface area contributed by atoms with Crippen molar-refractivity contribution in [3.8, 4) is 0 Å². The van der Waals surface area contributed by atoms with Gasteiger partial charge in [0.1, 0.15) is 12.1 Å². The predicted molar refractivity (Wildman–Crippen MR) is 80.8 cm³/mol. The van der Waals surface area contributed by atoms with Gasteiger partial charge in [-0.1, -0.05) is 20.3 Å². The fraction of sp³-hybridized carbons (Fsp3) is 0.875. The van der Waals surface area contributed by atoms with Crippen molar-refractivity contribution in [3.63, 3.8) is 0 Å². The Hall–Kier alpha value is -1.10. The molecule has 120 valence electrons. The predicted octanol–water partition coefficient (Wildman–Crippen LogP) is 1.85. The molecular weight excluding hydrogens is 268 g/mol. The molecule has 0 spiro atoms. The van der Waals surface area contributed by atoms with Gasteiger partial charge in [-0.25, -0.2) is 0 Å². The van der Waals surface area contributed by atoms with E-state index < -0.39 is 0 Å². The van der Waals surface area contributed by atoms with Crippen molar-refractivity contribution in [2.45, 2.75) is 83.6 Å². The Bertz CT molecular complexity index is 408. The number of hydrogen-bond donors (Lipinski definition) is 1. The molecule has 2 rings (SSSR count). The van der Waals surface area contributed by atoms with Gasteiger partial charge in [-0.05, 0) is 39.5 Å². The Labute approximate surface area is 127 Å². The quantitative estimate of drug-likeness (QED) is 0.842. The molecule has 0 aliphatic carbocycles. The lowest BCUT2D eigenvalue weighted by molar-refractivity contribution is -0.152. The lowest BCUT2D eigenvalue weighted by atomic mass is 10.0. The van der Waals surface area contributed by atoms with E-state index in [-0.39, 0.29) is 35.6 Å². The zero-order chi connectivity index (χ0) is 15.6. The van der Waals surface area contributed by atoms with Crippen LogP contribution in [0.4, 0.5) is 0 Å². The van der Waals surface area contributed by atoms with Crippen LogP contribution in [0.15, 0.2) is 0 Å². The van der Waals surface area contributed by atoms with Crippen LogP contribution in [-0.4, -0.2) is 47.0 Å². The highest BCUT2D eigenvalue weighted by Gasteiger charge is 2.42. The summed E-state index contributed by atoms with van der Waals surface area (Å²) in [6.45, 7) is 8.67. The second kappa shape index (κ2) is 6.34. The maximum absolute atomic E-state index is 12.6. The molecule has 0 aromatic carbocycles. The van der Waals surface area contributed by atoms with Gasteiger partial charge >= 0.3 is 0 Å². The minimum Gasteiger partial charge on any atom is -0.371 e. The number of rotatable bonds is 5. The zero-order valence-electron chi connectivity index (χ0n) is 13.6. The number of amides is 2. The first-order chi connectivity index (χ1) is 9.88. The van der Waals surface area contributed by atoms with Crippen LogP contribution in [-0.2, 0) is 14.3 Å². The molecule has 0 aromatic rings. The molecule has 0 saturated carbocycles. The zero-order valence-corrected chi connectivity index (χ0v) is 13.6. The molecule has 2 heterocycles. The van der Waals surface area contributed by atoms with Gasteiger partial charge in [0, 0.05) is 6.54 Å². The summed E-state index contributed by atoms with van der Waals surface area (Å²) < 4.78 is 6.00. The van der Waals surface area contributed by atoms with Gasteiger partial charge < -0.3 is 15.0 Å². The topological polar surface area (TPSA) is 58.6 Å². The van der Waals surface area contributed by atoms with Gasteiger partial charge in [0.05, 0.1) is 11.7 Å². The van der Waals surface area contributed by atoms with Crippen LogP contribution < -0.4 is 5.32 Å². The monoisotopic (exact) mass is 296 g/mol. The third kappa shape index (κ3) is 3.57. The average Bonchev–Trinajstić information content (AvgIpc) is 2.75. The Morgan fingerprint density at radius 3 is 2.57 bits per heavy atom. The maximum atomic E-state index is 12.6. The second-order valence-corrected chi connectivity index (χ2v) is 6.80. The fourth-order valence-electron chi connectivity index (χ4n) is 3.36. The molecule has 2 aliphatic rings. The highest BCUT2D eigenvalue weighted by Crippen LogP contribution is 2.30. The van der Waals surface area contributed by atoms with Gasteiger partial charge in [0.2, 0.25) is 11.8 Å². The molecule has 5 heteroatoms. The summed E-state index contributed by atoms with van der Waals surface area (Å²) in [5.41, 5.74) is -0.115. The summed E-state index contributed by atoms with van der Waals surface area (Å²) in [6, 6.07) is -0.711. The lowest BCUT2D eigenvalue weighted by Gasteiger charge is -2.40. The molecule has 2 aliphatic heterocycles. The van der Waals surface area contributed by atoms with Crippen molar-refractivity contribution in [1.29, 1.82) is 0 Å². The maximum Gasteiger partial charge on any atom is 0.245 e. The van der Waals surface area contributed by atoms with Gasteiger partial charge in [-0.15, -0.1) is 0 Å². The minimum atomic E-state index is -0.361.